The first kappa shape index (κ1) is 14.4. The number of hydrogen-bond acceptors (Lipinski definition) is 5. The highest BCUT2D eigenvalue weighted by atomic mass is 16.5. The van der Waals surface area contributed by atoms with E-state index in [1.165, 1.54) is 0 Å². The number of nitrogens with zero attached hydrogens (tertiary/aromatic N) is 5. The third kappa shape index (κ3) is 2.54. The van der Waals surface area contributed by atoms with Crippen LogP contribution in [-0.4, -0.2) is 37.0 Å². The van der Waals surface area contributed by atoms with E-state index in [0.717, 1.165) is 57.4 Å². The van der Waals surface area contributed by atoms with Crippen molar-refractivity contribution in [3.8, 4) is 0 Å². The fourth-order valence-electron chi connectivity index (χ4n) is 3.63. The molecule has 2 aromatic rings. The molecule has 1 saturated heterocycles. The summed E-state index contributed by atoms with van der Waals surface area (Å²) >= 11 is 0. The second-order valence-corrected chi connectivity index (χ2v) is 6.35. The summed E-state index contributed by atoms with van der Waals surface area (Å²) in [5.41, 5.74) is 0.701. The predicted molar refractivity (Wildman–Crippen MR) is 81.8 cm³/mol. The molecule has 0 spiro atoms. The Morgan fingerprint density at radius 2 is 2.13 bits per heavy atom. The maximum Gasteiger partial charge on any atom is 0.272 e. The summed E-state index contributed by atoms with van der Waals surface area (Å²) < 4.78 is 7.19. The highest BCUT2D eigenvalue weighted by Crippen LogP contribution is 2.31. The van der Waals surface area contributed by atoms with E-state index in [1.807, 2.05) is 4.90 Å². The Labute approximate surface area is 134 Å². The van der Waals surface area contributed by atoms with E-state index in [-0.39, 0.29) is 11.9 Å². The van der Waals surface area contributed by atoms with Crippen molar-refractivity contribution < 1.29 is 9.32 Å². The minimum absolute atomic E-state index is 0.0396. The summed E-state index contributed by atoms with van der Waals surface area (Å²) in [5.74, 6) is 2.23. The largest absolute Gasteiger partial charge is 0.340 e. The molecule has 0 radical (unpaired) electrons. The number of piperidine rings is 1. The number of aryl methyl sites for hydroxylation is 2. The fourth-order valence-corrected chi connectivity index (χ4v) is 3.63. The first-order valence-corrected chi connectivity index (χ1v) is 8.39. The van der Waals surface area contributed by atoms with Gasteiger partial charge in [-0.2, -0.15) is 4.98 Å². The summed E-state index contributed by atoms with van der Waals surface area (Å²) in [6, 6.07) is -0.0940. The molecule has 1 amide bonds. The van der Waals surface area contributed by atoms with Crippen LogP contribution < -0.4 is 0 Å². The van der Waals surface area contributed by atoms with Crippen molar-refractivity contribution in [2.24, 2.45) is 0 Å². The molecule has 4 rings (SSSR count). The zero-order valence-electron chi connectivity index (χ0n) is 13.4. The highest BCUT2D eigenvalue weighted by Gasteiger charge is 2.33. The minimum Gasteiger partial charge on any atom is -0.340 e. The van der Waals surface area contributed by atoms with Gasteiger partial charge >= 0.3 is 0 Å². The third-order valence-electron chi connectivity index (χ3n) is 4.79. The first-order valence-electron chi connectivity index (χ1n) is 8.39. The average Bonchev–Trinajstić information content (AvgIpc) is 3.20. The molecule has 0 aromatic carbocycles. The molecule has 122 valence electrons. The Bertz CT molecular complexity index is 720. The summed E-state index contributed by atoms with van der Waals surface area (Å²) in [7, 11) is 0. The molecular weight excluding hydrogens is 294 g/mol. The maximum atomic E-state index is 13.1. The molecule has 0 bridgehead atoms. The average molecular weight is 315 g/mol. The third-order valence-corrected chi connectivity index (χ3v) is 4.79. The highest BCUT2D eigenvalue weighted by molar-refractivity contribution is 5.93. The van der Waals surface area contributed by atoms with Gasteiger partial charge in [-0.3, -0.25) is 4.79 Å². The zero-order chi connectivity index (χ0) is 15.8. The molecule has 0 aliphatic carbocycles. The van der Waals surface area contributed by atoms with Gasteiger partial charge in [0.25, 0.3) is 5.91 Å². The van der Waals surface area contributed by atoms with Crippen LogP contribution in [0.5, 0.6) is 0 Å². The fraction of sp³-hybridized carbons (Fsp3) is 0.625. The van der Waals surface area contributed by atoms with Gasteiger partial charge in [0.2, 0.25) is 5.89 Å². The van der Waals surface area contributed by atoms with Crippen molar-refractivity contribution >= 4 is 5.91 Å². The Kier molecular flexibility index (Phi) is 3.63. The van der Waals surface area contributed by atoms with Crippen molar-refractivity contribution in [1.29, 1.82) is 0 Å². The molecule has 2 aliphatic rings. The van der Waals surface area contributed by atoms with Crippen LogP contribution in [0.4, 0.5) is 0 Å². The van der Waals surface area contributed by atoms with Crippen LogP contribution in [0.3, 0.4) is 0 Å². The van der Waals surface area contributed by atoms with E-state index < -0.39 is 0 Å². The van der Waals surface area contributed by atoms with Crippen LogP contribution in [-0.2, 0) is 13.0 Å². The number of likely N-dealkylation sites (tertiary alicyclic amines) is 1. The van der Waals surface area contributed by atoms with Gasteiger partial charge in [0.15, 0.2) is 5.82 Å². The van der Waals surface area contributed by atoms with E-state index in [1.54, 1.807) is 13.1 Å². The lowest BCUT2D eigenvalue weighted by molar-refractivity contribution is 0.0584. The summed E-state index contributed by atoms with van der Waals surface area (Å²) in [6.07, 6.45) is 7.92. The van der Waals surface area contributed by atoms with Crippen molar-refractivity contribution in [2.75, 3.05) is 6.54 Å². The lowest BCUT2D eigenvalue weighted by atomic mass is 10.0. The van der Waals surface area contributed by atoms with Gasteiger partial charge in [-0.05, 0) is 32.1 Å². The van der Waals surface area contributed by atoms with E-state index in [4.69, 9.17) is 4.52 Å². The summed E-state index contributed by atoms with van der Waals surface area (Å²) in [6.45, 7) is 3.40. The van der Waals surface area contributed by atoms with Gasteiger partial charge in [0, 0.05) is 26.4 Å². The second-order valence-electron chi connectivity index (χ2n) is 6.35. The number of aromatic nitrogens is 4. The van der Waals surface area contributed by atoms with Crippen LogP contribution in [0.15, 0.2) is 10.7 Å². The van der Waals surface area contributed by atoms with Gasteiger partial charge in [0.05, 0.1) is 12.2 Å². The number of carbonyl (C=O) groups excluding carboxylic acids is 1. The molecule has 0 saturated carbocycles. The van der Waals surface area contributed by atoms with E-state index in [0.29, 0.717) is 17.4 Å². The molecule has 1 unspecified atom stereocenters. The molecule has 4 heterocycles. The maximum absolute atomic E-state index is 13.1. The van der Waals surface area contributed by atoms with Gasteiger partial charge in [-0.25, -0.2) is 4.98 Å². The van der Waals surface area contributed by atoms with E-state index in [2.05, 4.69) is 19.7 Å². The van der Waals surface area contributed by atoms with Crippen molar-refractivity contribution in [3.05, 3.63) is 29.4 Å². The topological polar surface area (TPSA) is 77.1 Å². The minimum atomic E-state index is -0.0940. The molecule has 23 heavy (non-hydrogen) atoms. The number of fused-ring (bicyclic) bond motifs is 1. The van der Waals surface area contributed by atoms with Crippen LogP contribution >= 0.6 is 0 Å². The van der Waals surface area contributed by atoms with Gasteiger partial charge in [-0.1, -0.05) is 5.16 Å². The second kappa shape index (κ2) is 5.79. The monoisotopic (exact) mass is 315 g/mol. The predicted octanol–water partition coefficient (Wildman–Crippen LogP) is 2.28. The summed E-state index contributed by atoms with van der Waals surface area (Å²) in [4.78, 5) is 23.8. The molecular formula is C16H21N5O2. The SMILES string of the molecule is Cc1nc(C2CCCCN2C(=O)c2cnc3n2CCCC3)no1. The Morgan fingerprint density at radius 1 is 1.26 bits per heavy atom. The van der Waals surface area contributed by atoms with Gasteiger partial charge in [-0.15, -0.1) is 0 Å². The molecule has 7 nitrogen and oxygen atoms in total. The lowest BCUT2D eigenvalue weighted by Crippen LogP contribution is -2.40. The van der Waals surface area contributed by atoms with Gasteiger partial charge in [0.1, 0.15) is 11.5 Å². The number of carbonyl (C=O) groups is 1. The molecule has 1 fully saturated rings. The number of amides is 1. The smallest absolute Gasteiger partial charge is 0.272 e. The Morgan fingerprint density at radius 3 is 2.96 bits per heavy atom. The van der Waals surface area contributed by atoms with Crippen LogP contribution in [0.2, 0.25) is 0 Å². The number of rotatable bonds is 2. The van der Waals surface area contributed by atoms with E-state index in [9.17, 15) is 4.79 Å². The van der Waals surface area contributed by atoms with Crippen LogP contribution in [0, 0.1) is 6.92 Å². The van der Waals surface area contributed by atoms with Crippen LogP contribution in [0.1, 0.15) is 66.2 Å². The van der Waals surface area contributed by atoms with Crippen LogP contribution in [0.25, 0.3) is 0 Å². The molecule has 0 N–H and O–H groups in total. The van der Waals surface area contributed by atoms with Crippen molar-refractivity contribution in [1.82, 2.24) is 24.6 Å². The standard InChI is InChI=1S/C16H21N5O2/c1-11-18-15(19-23-11)12-6-2-4-9-21(12)16(22)13-10-17-14-7-3-5-8-20(13)14/h10,12H,2-9H2,1H3. The summed E-state index contributed by atoms with van der Waals surface area (Å²) in [5, 5.41) is 4.04. The van der Waals surface area contributed by atoms with Crippen molar-refractivity contribution in [3.63, 3.8) is 0 Å². The molecule has 1 atom stereocenters. The Hall–Kier alpha value is -2.18. The number of hydrogen-bond donors (Lipinski definition) is 0. The van der Waals surface area contributed by atoms with Gasteiger partial charge < -0.3 is 14.0 Å². The normalized spacial score (nSPS) is 21.3. The van der Waals surface area contributed by atoms with E-state index >= 15 is 0 Å². The molecule has 7 heteroatoms. The zero-order valence-corrected chi connectivity index (χ0v) is 13.4. The molecule has 2 aromatic heterocycles. The molecule has 2 aliphatic heterocycles. The quantitative estimate of drug-likeness (QED) is 0.849. The first-order chi connectivity index (χ1) is 11.2. The number of imidazole rings is 1. The van der Waals surface area contributed by atoms with Crippen molar-refractivity contribution in [2.45, 2.75) is 58.0 Å². The Balaban J connectivity index is 1.64. The lowest BCUT2D eigenvalue weighted by Gasteiger charge is -2.34.